The Labute approximate surface area is 247 Å². The van der Waals surface area contributed by atoms with Crippen LogP contribution in [0.3, 0.4) is 0 Å². The number of carbonyl (C=O) groups is 2. The van der Waals surface area contributed by atoms with Gasteiger partial charge in [0.15, 0.2) is 0 Å². The molecule has 0 aliphatic rings. The molecule has 4 aromatic rings. The van der Waals surface area contributed by atoms with Crippen LogP contribution in [0.5, 0.6) is 0 Å². The van der Waals surface area contributed by atoms with E-state index in [1.54, 1.807) is 11.8 Å². The molecule has 0 fully saturated rings. The van der Waals surface area contributed by atoms with Crippen molar-refractivity contribution in [2.24, 2.45) is 0 Å². The fraction of sp³-hybridized carbons (Fsp3) is 0.257. The Balaban J connectivity index is 1.59. The molecule has 4 aromatic carbocycles. The summed E-state index contributed by atoms with van der Waals surface area (Å²) in [5, 5.41) is 16.2. The van der Waals surface area contributed by atoms with Gasteiger partial charge in [-0.2, -0.15) is 11.8 Å². The standard InChI is InChI=1S/C35H38N2O3S/c1-25-11-9-10-16-30(25)32-23-28(17-18-31(32)34(38)37-33(35(39)40)19-20-41-2)24-36-29(21-26-12-5-3-6-13-26)22-27-14-7-4-8-15-27/h3-18,23,29,33,36H,19-22,24H2,1-2H3,(H,37,38)(H,39,40)/t33-/m0/s1. The zero-order chi connectivity index (χ0) is 29.0. The van der Waals surface area contributed by atoms with Crippen molar-refractivity contribution in [1.29, 1.82) is 0 Å². The third kappa shape index (κ3) is 8.81. The van der Waals surface area contributed by atoms with Gasteiger partial charge in [0.1, 0.15) is 6.04 Å². The minimum Gasteiger partial charge on any atom is -0.480 e. The SMILES string of the molecule is CSCC[C@H](NC(=O)c1ccc(CNC(Cc2ccccc2)Cc2ccccc2)cc1-c1ccccc1C)C(=O)O. The maximum Gasteiger partial charge on any atom is 0.326 e. The Kier molecular flexibility index (Phi) is 11.2. The summed E-state index contributed by atoms with van der Waals surface area (Å²) < 4.78 is 0. The second-order valence-electron chi connectivity index (χ2n) is 10.3. The van der Waals surface area contributed by atoms with Crippen molar-refractivity contribution >= 4 is 23.6 Å². The van der Waals surface area contributed by atoms with Gasteiger partial charge in [0.05, 0.1) is 0 Å². The Bertz CT molecular complexity index is 1380. The number of aryl methyl sites for hydroxylation is 1. The van der Waals surface area contributed by atoms with Crippen molar-refractivity contribution in [2.45, 2.75) is 44.8 Å². The predicted octanol–water partition coefficient (Wildman–Crippen LogP) is 6.54. The van der Waals surface area contributed by atoms with Crippen LogP contribution in [0.15, 0.2) is 103 Å². The highest BCUT2D eigenvalue weighted by Crippen LogP contribution is 2.28. The fourth-order valence-corrected chi connectivity index (χ4v) is 5.47. The second kappa shape index (κ2) is 15.2. The van der Waals surface area contributed by atoms with E-state index in [-0.39, 0.29) is 11.9 Å². The molecule has 0 spiro atoms. The molecule has 5 nitrogen and oxygen atoms in total. The summed E-state index contributed by atoms with van der Waals surface area (Å²) in [5.74, 6) is -0.740. The first kappa shape index (κ1) is 30.1. The van der Waals surface area contributed by atoms with Gasteiger partial charge in [-0.15, -0.1) is 0 Å². The zero-order valence-electron chi connectivity index (χ0n) is 23.7. The largest absolute Gasteiger partial charge is 0.480 e. The number of hydrogen-bond acceptors (Lipinski definition) is 4. The molecule has 0 heterocycles. The lowest BCUT2D eigenvalue weighted by Gasteiger charge is -2.21. The van der Waals surface area contributed by atoms with E-state index in [0.29, 0.717) is 24.3 Å². The van der Waals surface area contributed by atoms with E-state index in [2.05, 4.69) is 65.2 Å². The first-order valence-corrected chi connectivity index (χ1v) is 15.4. The van der Waals surface area contributed by atoms with Crippen LogP contribution < -0.4 is 10.6 Å². The van der Waals surface area contributed by atoms with Crippen molar-refractivity contribution < 1.29 is 14.7 Å². The molecule has 0 aromatic heterocycles. The van der Waals surface area contributed by atoms with E-state index >= 15 is 0 Å². The summed E-state index contributed by atoms with van der Waals surface area (Å²) in [6, 6.07) is 34.1. The van der Waals surface area contributed by atoms with Gasteiger partial charge >= 0.3 is 5.97 Å². The van der Waals surface area contributed by atoms with Crippen LogP contribution in [0.4, 0.5) is 0 Å². The van der Waals surface area contributed by atoms with Gasteiger partial charge in [-0.1, -0.05) is 91.0 Å². The van der Waals surface area contributed by atoms with Crippen LogP contribution in [0.25, 0.3) is 11.1 Å². The summed E-state index contributed by atoms with van der Waals surface area (Å²) in [4.78, 5) is 25.2. The maximum atomic E-state index is 13.4. The molecule has 3 N–H and O–H groups in total. The molecule has 0 saturated heterocycles. The lowest BCUT2D eigenvalue weighted by atomic mass is 9.93. The van der Waals surface area contributed by atoms with Crippen molar-refractivity contribution in [3.8, 4) is 11.1 Å². The highest BCUT2D eigenvalue weighted by molar-refractivity contribution is 7.98. The molecule has 4 rings (SSSR count). The van der Waals surface area contributed by atoms with Gasteiger partial charge < -0.3 is 15.7 Å². The lowest BCUT2D eigenvalue weighted by molar-refractivity contribution is -0.139. The number of hydrogen-bond donors (Lipinski definition) is 3. The van der Waals surface area contributed by atoms with Crippen molar-refractivity contribution in [2.75, 3.05) is 12.0 Å². The summed E-state index contributed by atoms with van der Waals surface area (Å²) in [5.41, 5.74) is 6.91. The highest BCUT2D eigenvalue weighted by atomic mass is 32.2. The van der Waals surface area contributed by atoms with Gasteiger partial charge in [0.2, 0.25) is 0 Å². The van der Waals surface area contributed by atoms with Gasteiger partial charge in [-0.3, -0.25) is 4.79 Å². The molecule has 0 bridgehead atoms. The number of aliphatic carboxylic acids is 1. The van der Waals surface area contributed by atoms with E-state index in [4.69, 9.17) is 0 Å². The van der Waals surface area contributed by atoms with Crippen LogP contribution in [-0.4, -0.2) is 41.1 Å². The van der Waals surface area contributed by atoms with Crippen LogP contribution in [-0.2, 0) is 24.2 Å². The molecule has 0 unspecified atom stereocenters. The number of amides is 1. The molecule has 6 heteroatoms. The van der Waals surface area contributed by atoms with Gasteiger partial charge in [-0.25, -0.2) is 4.79 Å². The number of thioether (sulfide) groups is 1. The Morgan fingerprint density at radius 3 is 1.98 bits per heavy atom. The van der Waals surface area contributed by atoms with E-state index in [0.717, 1.165) is 35.1 Å². The first-order chi connectivity index (χ1) is 19.9. The number of carboxylic acid groups (broad SMARTS) is 1. The van der Waals surface area contributed by atoms with E-state index in [1.165, 1.54) is 11.1 Å². The third-order valence-electron chi connectivity index (χ3n) is 7.22. The van der Waals surface area contributed by atoms with Gasteiger partial charge in [0, 0.05) is 18.2 Å². The van der Waals surface area contributed by atoms with Crippen molar-refractivity contribution in [1.82, 2.24) is 10.6 Å². The van der Waals surface area contributed by atoms with Crippen LogP contribution in [0, 0.1) is 6.92 Å². The lowest BCUT2D eigenvalue weighted by Crippen LogP contribution is -2.41. The maximum absolute atomic E-state index is 13.4. The third-order valence-corrected chi connectivity index (χ3v) is 7.87. The van der Waals surface area contributed by atoms with E-state index in [1.807, 2.05) is 61.7 Å². The number of benzene rings is 4. The minimum absolute atomic E-state index is 0.220. The number of rotatable bonds is 14. The van der Waals surface area contributed by atoms with Crippen molar-refractivity contribution in [3.05, 3.63) is 131 Å². The van der Waals surface area contributed by atoms with Gasteiger partial charge in [0.25, 0.3) is 5.91 Å². The summed E-state index contributed by atoms with van der Waals surface area (Å²) in [6.07, 6.45) is 4.09. The summed E-state index contributed by atoms with van der Waals surface area (Å²) >= 11 is 1.56. The number of carboxylic acids is 1. The minimum atomic E-state index is -1.02. The molecule has 1 amide bonds. The zero-order valence-corrected chi connectivity index (χ0v) is 24.5. The average molecular weight is 567 g/mol. The van der Waals surface area contributed by atoms with Crippen LogP contribution >= 0.6 is 11.8 Å². The molecular formula is C35H38N2O3S. The number of nitrogens with one attached hydrogen (secondary N) is 2. The molecule has 1 atom stereocenters. The molecule has 212 valence electrons. The van der Waals surface area contributed by atoms with Crippen LogP contribution in [0.1, 0.15) is 39.0 Å². The van der Waals surface area contributed by atoms with Gasteiger partial charge in [-0.05, 0) is 83.7 Å². The Morgan fingerprint density at radius 1 is 0.780 bits per heavy atom. The average Bonchev–Trinajstić information content (AvgIpc) is 2.99. The molecule has 0 aliphatic carbocycles. The highest BCUT2D eigenvalue weighted by Gasteiger charge is 2.23. The first-order valence-electron chi connectivity index (χ1n) is 14.0. The smallest absolute Gasteiger partial charge is 0.326 e. The fourth-order valence-electron chi connectivity index (χ4n) is 5.00. The molecule has 0 saturated carbocycles. The topological polar surface area (TPSA) is 78.4 Å². The van der Waals surface area contributed by atoms with Crippen LogP contribution in [0.2, 0.25) is 0 Å². The number of carbonyl (C=O) groups excluding carboxylic acids is 1. The molecular weight excluding hydrogens is 528 g/mol. The molecule has 0 radical (unpaired) electrons. The Morgan fingerprint density at radius 2 is 1.39 bits per heavy atom. The summed E-state index contributed by atoms with van der Waals surface area (Å²) in [7, 11) is 0. The second-order valence-corrected chi connectivity index (χ2v) is 11.3. The van der Waals surface area contributed by atoms with E-state index in [9.17, 15) is 14.7 Å². The normalized spacial score (nSPS) is 11.8. The van der Waals surface area contributed by atoms with E-state index < -0.39 is 12.0 Å². The Hall–Kier alpha value is -3.87. The molecule has 41 heavy (non-hydrogen) atoms. The predicted molar refractivity (Wildman–Crippen MR) is 169 cm³/mol. The summed E-state index contributed by atoms with van der Waals surface area (Å²) in [6.45, 7) is 2.66. The monoisotopic (exact) mass is 566 g/mol. The van der Waals surface area contributed by atoms with Crippen molar-refractivity contribution in [3.63, 3.8) is 0 Å². The quantitative estimate of drug-likeness (QED) is 0.162. The molecule has 0 aliphatic heterocycles.